The second-order valence-corrected chi connectivity index (χ2v) is 5.07. The standard InChI is InChI=1S/C15H23N3O3/c1-20-8-6-17-15(19)11-4-5-14(13(16)9-11)18-10-12-3-2-7-21-12/h4-5,9,12,18H,2-3,6-8,10,16H2,1H3,(H,17,19). The van der Waals surface area contributed by atoms with Crippen molar-refractivity contribution in [2.45, 2.75) is 18.9 Å². The molecule has 1 amide bonds. The highest BCUT2D eigenvalue weighted by Crippen LogP contribution is 2.21. The number of benzene rings is 1. The van der Waals surface area contributed by atoms with Gasteiger partial charge in [0.25, 0.3) is 5.91 Å². The monoisotopic (exact) mass is 293 g/mol. The van der Waals surface area contributed by atoms with Crippen LogP contribution < -0.4 is 16.4 Å². The maximum Gasteiger partial charge on any atom is 0.251 e. The van der Waals surface area contributed by atoms with Gasteiger partial charge in [-0.05, 0) is 31.0 Å². The van der Waals surface area contributed by atoms with Crippen molar-refractivity contribution in [3.63, 3.8) is 0 Å². The third kappa shape index (κ3) is 4.61. The molecule has 1 atom stereocenters. The third-order valence-corrected chi connectivity index (χ3v) is 3.45. The van der Waals surface area contributed by atoms with E-state index in [1.54, 1.807) is 19.2 Å². The molecule has 1 saturated heterocycles. The predicted octanol–water partition coefficient (Wildman–Crippen LogP) is 1.24. The zero-order chi connectivity index (χ0) is 15.1. The molecular weight excluding hydrogens is 270 g/mol. The normalized spacial score (nSPS) is 17.7. The van der Waals surface area contributed by atoms with E-state index in [0.717, 1.165) is 31.7 Å². The first-order valence-corrected chi connectivity index (χ1v) is 7.23. The number of carbonyl (C=O) groups is 1. The number of hydrogen-bond donors (Lipinski definition) is 3. The third-order valence-electron chi connectivity index (χ3n) is 3.45. The van der Waals surface area contributed by atoms with Crippen molar-refractivity contribution in [3.8, 4) is 0 Å². The van der Waals surface area contributed by atoms with Gasteiger partial charge in [-0.25, -0.2) is 0 Å². The maximum absolute atomic E-state index is 11.9. The lowest BCUT2D eigenvalue weighted by Crippen LogP contribution is -2.27. The summed E-state index contributed by atoms with van der Waals surface area (Å²) in [5.74, 6) is -0.149. The van der Waals surface area contributed by atoms with E-state index in [0.29, 0.717) is 24.4 Å². The zero-order valence-corrected chi connectivity index (χ0v) is 12.4. The largest absolute Gasteiger partial charge is 0.397 e. The molecule has 1 aliphatic rings. The first kappa shape index (κ1) is 15.6. The second kappa shape index (κ2) is 7.85. The molecule has 1 aromatic carbocycles. The number of amides is 1. The van der Waals surface area contributed by atoms with Crippen LogP contribution in [-0.2, 0) is 9.47 Å². The van der Waals surface area contributed by atoms with Gasteiger partial charge in [0.1, 0.15) is 0 Å². The fourth-order valence-corrected chi connectivity index (χ4v) is 2.26. The van der Waals surface area contributed by atoms with Crippen LogP contribution in [0.25, 0.3) is 0 Å². The van der Waals surface area contributed by atoms with Crippen LogP contribution in [0.2, 0.25) is 0 Å². The van der Waals surface area contributed by atoms with Gasteiger partial charge in [0.15, 0.2) is 0 Å². The molecule has 21 heavy (non-hydrogen) atoms. The van der Waals surface area contributed by atoms with Gasteiger partial charge in [-0.1, -0.05) is 0 Å². The Labute approximate surface area is 125 Å². The van der Waals surface area contributed by atoms with Crippen LogP contribution in [-0.4, -0.2) is 45.4 Å². The molecule has 1 fully saturated rings. The lowest BCUT2D eigenvalue weighted by molar-refractivity contribution is 0.0937. The summed E-state index contributed by atoms with van der Waals surface area (Å²) in [6.45, 7) is 2.54. The summed E-state index contributed by atoms with van der Waals surface area (Å²) in [5.41, 5.74) is 7.93. The number of carbonyl (C=O) groups excluding carboxylic acids is 1. The maximum atomic E-state index is 11.9. The van der Waals surface area contributed by atoms with Crippen molar-refractivity contribution in [1.82, 2.24) is 5.32 Å². The van der Waals surface area contributed by atoms with Crippen LogP contribution in [0.1, 0.15) is 23.2 Å². The Morgan fingerprint density at radius 3 is 3.05 bits per heavy atom. The minimum Gasteiger partial charge on any atom is -0.397 e. The molecular formula is C15H23N3O3. The van der Waals surface area contributed by atoms with Crippen LogP contribution in [0, 0.1) is 0 Å². The summed E-state index contributed by atoms with van der Waals surface area (Å²) >= 11 is 0. The molecule has 0 bridgehead atoms. The molecule has 1 aliphatic heterocycles. The Morgan fingerprint density at radius 1 is 1.52 bits per heavy atom. The molecule has 116 valence electrons. The van der Waals surface area contributed by atoms with Gasteiger partial charge in [-0.2, -0.15) is 0 Å². The average Bonchev–Trinajstić information content (AvgIpc) is 2.99. The summed E-state index contributed by atoms with van der Waals surface area (Å²) in [6.07, 6.45) is 2.44. The van der Waals surface area contributed by atoms with E-state index in [4.69, 9.17) is 15.2 Å². The quantitative estimate of drug-likeness (QED) is 0.520. The summed E-state index contributed by atoms with van der Waals surface area (Å²) in [7, 11) is 1.60. The van der Waals surface area contributed by atoms with Crippen molar-refractivity contribution in [2.75, 3.05) is 44.5 Å². The first-order valence-electron chi connectivity index (χ1n) is 7.23. The van der Waals surface area contributed by atoms with E-state index in [9.17, 15) is 4.79 Å². The minimum absolute atomic E-state index is 0.149. The number of nitrogen functional groups attached to an aromatic ring is 1. The van der Waals surface area contributed by atoms with Gasteiger partial charge < -0.3 is 25.8 Å². The van der Waals surface area contributed by atoms with E-state index >= 15 is 0 Å². The molecule has 0 spiro atoms. The lowest BCUT2D eigenvalue weighted by Gasteiger charge is -2.14. The molecule has 0 aromatic heterocycles. The second-order valence-electron chi connectivity index (χ2n) is 5.07. The Morgan fingerprint density at radius 2 is 2.38 bits per heavy atom. The van der Waals surface area contributed by atoms with Crippen molar-refractivity contribution in [3.05, 3.63) is 23.8 Å². The van der Waals surface area contributed by atoms with Crippen molar-refractivity contribution in [1.29, 1.82) is 0 Å². The number of methoxy groups -OCH3 is 1. The van der Waals surface area contributed by atoms with Gasteiger partial charge in [0.05, 0.1) is 24.1 Å². The van der Waals surface area contributed by atoms with Crippen LogP contribution in [0.3, 0.4) is 0 Å². The number of nitrogens with two attached hydrogens (primary N) is 1. The molecule has 1 aromatic rings. The van der Waals surface area contributed by atoms with Crippen LogP contribution in [0.15, 0.2) is 18.2 Å². The van der Waals surface area contributed by atoms with Gasteiger partial charge in [-0.3, -0.25) is 4.79 Å². The van der Waals surface area contributed by atoms with E-state index in [1.165, 1.54) is 0 Å². The Bertz CT molecular complexity index is 473. The number of hydrogen-bond acceptors (Lipinski definition) is 5. The predicted molar refractivity (Wildman–Crippen MR) is 82.5 cm³/mol. The summed E-state index contributed by atoms with van der Waals surface area (Å²) in [5, 5.41) is 6.04. The molecule has 0 saturated carbocycles. The first-order chi connectivity index (χ1) is 10.2. The van der Waals surface area contributed by atoms with Gasteiger partial charge in [0, 0.05) is 32.4 Å². The number of rotatable bonds is 7. The van der Waals surface area contributed by atoms with E-state index in [1.807, 2.05) is 6.07 Å². The van der Waals surface area contributed by atoms with Gasteiger partial charge >= 0.3 is 0 Å². The van der Waals surface area contributed by atoms with E-state index in [-0.39, 0.29) is 12.0 Å². The number of nitrogens with one attached hydrogen (secondary N) is 2. The highest BCUT2D eigenvalue weighted by atomic mass is 16.5. The average molecular weight is 293 g/mol. The van der Waals surface area contributed by atoms with Crippen LogP contribution in [0.5, 0.6) is 0 Å². The van der Waals surface area contributed by atoms with E-state index < -0.39 is 0 Å². The Kier molecular flexibility index (Phi) is 5.83. The topological polar surface area (TPSA) is 85.6 Å². The summed E-state index contributed by atoms with van der Waals surface area (Å²) < 4.78 is 10.4. The molecule has 0 radical (unpaired) electrons. The smallest absolute Gasteiger partial charge is 0.251 e. The van der Waals surface area contributed by atoms with E-state index in [2.05, 4.69) is 10.6 Å². The lowest BCUT2D eigenvalue weighted by atomic mass is 10.1. The molecule has 2 rings (SSSR count). The van der Waals surface area contributed by atoms with Crippen LogP contribution >= 0.6 is 0 Å². The number of ether oxygens (including phenoxy) is 2. The van der Waals surface area contributed by atoms with Crippen molar-refractivity contribution >= 4 is 17.3 Å². The highest BCUT2D eigenvalue weighted by Gasteiger charge is 2.15. The molecule has 0 aliphatic carbocycles. The van der Waals surface area contributed by atoms with Crippen molar-refractivity contribution in [2.24, 2.45) is 0 Å². The molecule has 6 heteroatoms. The minimum atomic E-state index is -0.149. The molecule has 1 heterocycles. The Balaban J connectivity index is 1.88. The molecule has 1 unspecified atom stereocenters. The SMILES string of the molecule is COCCNC(=O)c1ccc(NCC2CCCO2)c(N)c1. The highest BCUT2D eigenvalue weighted by molar-refractivity contribution is 5.96. The van der Waals surface area contributed by atoms with Gasteiger partial charge in [0.2, 0.25) is 0 Å². The summed E-state index contributed by atoms with van der Waals surface area (Å²) in [4.78, 5) is 11.9. The number of anilines is 2. The summed E-state index contributed by atoms with van der Waals surface area (Å²) in [6, 6.07) is 5.27. The fraction of sp³-hybridized carbons (Fsp3) is 0.533. The fourth-order valence-electron chi connectivity index (χ4n) is 2.26. The zero-order valence-electron chi connectivity index (χ0n) is 12.4. The van der Waals surface area contributed by atoms with Gasteiger partial charge in [-0.15, -0.1) is 0 Å². The van der Waals surface area contributed by atoms with Crippen molar-refractivity contribution < 1.29 is 14.3 Å². The molecule has 6 nitrogen and oxygen atoms in total. The Hall–Kier alpha value is -1.79. The molecule has 4 N–H and O–H groups in total. The van der Waals surface area contributed by atoms with Crippen LogP contribution in [0.4, 0.5) is 11.4 Å².